The van der Waals surface area contributed by atoms with E-state index >= 15 is 0 Å². The van der Waals surface area contributed by atoms with Crippen molar-refractivity contribution in [1.82, 2.24) is 15.3 Å². The molecule has 0 spiro atoms. The third-order valence-corrected chi connectivity index (χ3v) is 2.79. The summed E-state index contributed by atoms with van der Waals surface area (Å²) in [6, 6.07) is 4.45. The molecular formula is C14H15ClFN3O. The van der Waals surface area contributed by atoms with Gasteiger partial charge in [0.15, 0.2) is 0 Å². The Labute approximate surface area is 122 Å². The second-order valence-corrected chi connectivity index (χ2v) is 4.99. The van der Waals surface area contributed by atoms with E-state index in [1.54, 1.807) is 12.4 Å². The highest BCUT2D eigenvalue weighted by Gasteiger charge is 2.06. The van der Waals surface area contributed by atoms with Crippen LogP contribution in [-0.2, 0) is 6.54 Å². The predicted molar refractivity (Wildman–Crippen MR) is 75.5 cm³/mol. The fourth-order valence-electron chi connectivity index (χ4n) is 1.47. The highest BCUT2D eigenvalue weighted by atomic mass is 35.5. The van der Waals surface area contributed by atoms with Gasteiger partial charge in [0.05, 0.1) is 5.02 Å². The summed E-state index contributed by atoms with van der Waals surface area (Å²) in [6.45, 7) is 4.82. The minimum absolute atomic E-state index is 0.173. The summed E-state index contributed by atoms with van der Waals surface area (Å²) in [5, 5.41) is 3.44. The van der Waals surface area contributed by atoms with Crippen molar-refractivity contribution in [3.8, 4) is 11.8 Å². The Morgan fingerprint density at radius 1 is 1.30 bits per heavy atom. The van der Waals surface area contributed by atoms with Crippen LogP contribution in [-0.4, -0.2) is 16.0 Å². The molecule has 0 unspecified atom stereocenters. The largest absolute Gasteiger partial charge is 0.423 e. The highest BCUT2D eigenvalue weighted by Crippen LogP contribution is 2.27. The first-order valence-corrected chi connectivity index (χ1v) is 6.59. The van der Waals surface area contributed by atoms with Crippen molar-refractivity contribution in [1.29, 1.82) is 0 Å². The van der Waals surface area contributed by atoms with Crippen LogP contribution >= 0.6 is 11.6 Å². The van der Waals surface area contributed by atoms with Crippen LogP contribution in [0.25, 0.3) is 0 Å². The van der Waals surface area contributed by atoms with E-state index in [-0.39, 0.29) is 11.0 Å². The molecule has 0 aliphatic carbocycles. The van der Waals surface area contributed by atoms with Gasteiger partial charge in [-0.2, -0.15) is 0 Å². The lowest BCUT2D eigenvalue weighted by atomic mass is 10.3. The number of nitrogens with zero attached hydrogens (tertiary/aromatic N) is 2. The van der Waals surface area contributed by atoms with Crippen LogP contribution in [0.15, 0.2) is 30.6 Å². The first kappa shape index (κ1) is 14.7. The van der Waals surface area contributed by atoms with Gasteiger partial charge in [-0.15, -0.1) is 0 Å². The van der Waals surface area contributed by atoms with E-state index in [0.29, 0.717) is 18.3 Å². The first-order chi connectivity index (χ1) is 9.54. The number of hydrogen-bond donors (Lipinski definition) is 1. The molecule has 1 heterocycles. The Kier molecular flexibility index (Phi) is 4.87. The van der Waals surface area contributed by atoms with E-state index in [2.05, 4.69) is 29.1 Å². The lowest BCUT2D eigenvalue weighted by Gasteiger charge is -2.08. The van der Waals surface area contributed by atoms with Crippen LogP contribution in [0.2, 0.25) is 5.02 Å². The second-order valence-electron chi connectivity index (χ2n) is 4.59. The molecule has 0 saturated carbocycles. The molecular weight excluding hydrogens is 281 g/mol. The summed E-state index contributed by atoms with van der Waals surface area (Å²) < 4.78 is 18.3. The summed E-state index contributed by atoms with van der Waals surface area (Å²) >= 11 is 5.86. The molecule has 1 aromatic carbocycles. The van der Waals surface area contributed by atoms with Gasteiger partial charge in [0.2, 0.25) is 0 Å². The van der Waals surface area contributed by atoms with Crippen LogP contribution in [0.3, 0.4) is 0 Å². The minimum Gasteiger partial charge on any atom is -0.423 e. The number of hydrogen-bond acceptors (Lipinski definition) is 4. The molecule has 106 valence electrons. The molecule has 6 heteroatoms. The Balaban J connectivity index is 2.03. The maximum absolute atomic E-state index is 12.9. The van der Waals surface area contributed by atoms with Gasteiger partial charge in [0.25, 0.3) is 0 Å². The van der Waals surface area contributed by atoms with Crippen LogP contribution in [0.4, 0.5) is 4.39 Å². The molecule has 0 amide bonds. The molecule has 0 saturated heterocycles. The van der Waals surface area contributed by atoms with Crippen molar-refractivity contribution in [2.24, 2.45) is 0 Å². The van der Waals surface area contributed by atoms with Crippen molar-refractivity contribution in [3.63, 3.8) is 0 Å². The fourth-order valence-corrected chi connectivity index (χ4v) is 1.67. The zero-order chi connectivity index (χ0) is 14.5. The van der Waals surface area contributed by atoms with E-state index in [1.165, 1.54) is 18.2 Å². The van der Waals surface area contributed by atoms with E-state index in [0.717, 1.165) is 5.56 Å². The lowest BCUT2D eigenvalue weighted by molar-refractivity contribution is 0.439. The van der Waals surface area contributed by atoms with Gasteiger partial charge in [0.1, 0.15) is 11.6 Å². The molecule has 20 heavy (non-hydrogen) atoms. The van der Waals surface area contributed by atoms with Crippen molar-refractivity contribution >= 4 is 11.6 Å². The summed E-state index contributed by atoms with van der Waals surface area (Å²) in [7, 11) is 0. The van der Waals surface area contributed by atoms with Gasteiger partial charge in [-0.25, -0.2) is 14.4 Å². The van der Waals surface area contributed by atoms with Gasteiger partial charge >= 0.3 is 6.01 Å². The third-order valence-electron chi connectivity index (χ3n) is 2.49. The summed E-state index contributed by atoms with van der Waals surface area (Å²) in [5.74, 6) is -0.0977. The summed E-state index contributed by atoms with van der Waals surface area (Å²) in [5.41, 5.74) is 0.955. The SMILES string of the molecule is CC(C)NCc1cnc(Oc2ccc(F)cc2Cl)nc1. The molecule has 2 rings (SSSR count). The van der Waals surface area contributed by atoms with Crippen LogP contribution in [0.5, 0.6) is 11.8 Å². The summed E-state index contributed by atoms with van der Waals surface area (Å²) in [4.78, 5) is 8.18. The van der Waals surface area contributed by atoms with E-state index in [1.807, 2.05) is 0 Å². The van der Waals surface area contributed by atoms with Crippen LogP contribution in [0, 0.1) is 5.82 Å². The standard InChI is InChI=1S/C14H15ClFN3O/c1-9(2)17-6-10-7-18-14(19-8-10)20-13-4-3-11(16)5-12(13)15/h3-5,7-9,17H,6H2,1-2H3. The van der Waals surface area contributed by atoms with Crippen molar-refractivity contribution in [3.05, 3.63) is 47.0 Å². The van der Waals surface area contributed by atoms with Crippen molar-refractivity contribution in [2.45, 2.75) is 26.4 Å². The molecule has 0 fully saturated rings. The van der Waals surface area contributed by atoms with Crippen LogP contribution < -0.4 is 10.1 Å². The van der Waals surface area contributed by atoms with Crippen molar-refractivity contribution in [2.75, 3.05) is 0 Å². The number of halogens is 2. The maximum atomic E-state index is 12.9. The zero-order valence-corrected chi connectivity index (χ0v) is 12.0. The molecule has 0 bridgehead atoms. The zero-order valence-electron chi connectivity index (χ0n) is 11.2. The molecule has 2 aromatic rings. The Morgan fingerprint density at radius 2 is 2.00 bits per heavy atom. The lowest BCUT2D eigenvalue weighted by Crippen LogP contribution is -2.21. The van der Waals surface area contributed by atoms with Gasteiger partial charge in [-0.05, 0) is 18.2 Å². The number of ether oxygens (including phenoxy) is 1. The Morgan fingerprint density at radius 3 is 2.60 bits per heavy atom. The fraction of sp³-hybridized carbons (Fsp3) is 0.286. The van der Waals surface area contributed by atoms with E-state index < -0.39 is 5.82 Å². The third kappa shape index (κ3) is 4.15. The topological polar surface area (TPSA) is 47.0 Å². The van der Waals surface area contributed by atoms with Gasteiger partial charge in [-0.3, -0.25) is 0 Å². The minimum atomic E-state index is -0.418. The average Bonchev–Trinajstić information content (AvgIpc) is 2.41. The maximum Gasteiger partial charge on any atom is 0.321 e. The summed E-state index contributed by atoms with van der Waals surface area (Å²) in [6.07, 6.45) is 3.35. The molecule has 1 N–H and O–H groups in total. The van der Waals surface area contributed by atoms with Gasteiger partial charge < -0.3 is 10.1 Å². The predicted octanol–water partition coefficient (Wildman–Crippen LogP) is 3.56. The number of rotatable bonds is 5. The monoisotopic (exact) mass is 295 g/mol. The van der Waals surface area contributed by atoms with Crippen LogP contribution in [0.1, 0.15) is 19.4 Å². The number of aromatic nitrogens is 2. The van der Waals surface area contributed by atoms with Gasteiger partial charge in [-0.1, -0.05) is 25.4 Å². The van der Waals surface area contributed by atoms with E-state index in [9.17, 15) is 4.39 Å². The smallest absolute Gasteiger partial charge is 0.321 e. The van der Waals surface area contributed by atoms with Crippen molar-refractivity contribution < 1.29 is 9.13 Å². The highest BCUT2D eigenvalue weighted by molar-refractivity contribution is 6.32. The molecule has 1 aromatic heterocycles. The molecule has 0 radical (unpaired) electrons. The molecule has 4 nitrogen and oxygen atoms in total. The van der Waals surface area contributed by atoms with E-state index in [4.69, 9.17) is 16.3 Å². The van der Waals surface area contributed by atoms with Gasteiger partial charge in [0, 0.05) is 30.5 Å². The Bertz CT molecular complexity index is 575. The first-order valence-electron chi connectivity index (χ1n) is 6.22. The molecule has 0 atom stereocenters. The molecule has 0 aliphatic rings. The second kappa shape index (κ2) is 6.63. The molecule has 0 aliphatic heterocycles. The average molecular weight is 296 g/mol. The normalized spacial score (nSPS) is 10.8. The number of benzene rings is 1. The number of nitrogens with one attached hydrogen (secondary N) is 1. The Hall–Kier alpha value is -1.72. The quantitative estimate of drug-likeness (QED) is 0.916.